The van der Waals surface area contributed by atoms with Crippen molar-refractivity contribution >= 4 is 29.9 Å². The maximum atomic E-state index is 13.6. The molecule has 0 saturated heterocycles. The number of fused-ring (bicyclic) bond motifs is 1. The topological polar surface area (TPSA) is 66.3 Å². The summed E-state index contributed by atoms with van der Waals surface area (Å²) in [6, 6.07) is 8.39. The maximum absolute atomic E-state index is 13.6. The molecule has 0 atom stereocenters. The van der Waals surface area contributed by atoms with E-state index < -0.39 is 5.82 Å². The molecule has 1 heterocycles. The summed E-state index contributed by atoms with van der Waals surface area (Å²) in [5, 5.41) is 12.6. The molecular formula is C21H27FIN3O3. The van der Waals surface area contributed by atoms with Gasteiger partial charge in [0, 0.05) is 19.6 Å². The number of aromatic hydroxyl groups is 1. The first-order valence-corrected chi connectivity index (χ1v) is 9.30. The number of rotatable bonds is 5. The van der Waals surface area contributed by atoms with Crippen molar-refractivity contribution in [3.63, 3.8) is 0 Å². The summed E-state index contributed by atoms with van der Waals surface area (Å²) in [5.74, 6) is 1.24. The van der Waals surface area contributed by atoms with Crippen LogP contribution in [-0.4, -0.2) is 43.3 Å². The second-order valence-corrected chi connectivity index (χ2v) is 6.60. The van der Waals surface area contributed by atoms with Gasteiger partial charge in [0.25, 0.3) is 0 Å². The summed E-state index contributed by atoms with van der Waals surface area (Å²) in [6.07, 6.45) is 0.869. The molecular weight excluding hydrogens is 488 g/mol. The Morgan fingerprint density at radius 3 is 2.48 bits per heavy atom. The molecule has 3 rings (SSSR count). The van der Waals surface area contributed by atoms with Crippen molar-refractivity contribution in [2.45, 2.75) is 26.4 Å². The lowest BCUT2D eigenvalue weighted by Gasteiger charge is -2.32. The average molecular weight is 515 g/mol. The number of halogens is 2. The molecule has 8 heteroatoms. The van der Waals surface area contributed by atoms with Crippen molar-refractivity contribution in [3.05, 3.63) is 52.8 Å². The number of phenolic OH excluding ortho intramolecular Hbond substituents is 1. The second-order valence-electron chi connectivity index (χ2n) is 6.60. The lowest BCUT2D eigenvalue weighted by atomic mass is 9.99. The molecule has 0 unspecified atom stereocenters. The first kappa shape index (κ1) is 23.1. The van der Waals surface area contributed by atoms with E-state index in [1.165, 1.54) is 23.3 Å². The van der Waals surface area contributed by atoms with E-state index in [0.717, 1.165) is 31.2 Å². The first-order valence-electron chi connectivity index (χ1n) is 9.30. The number of methoxy groups -OCH3 is 2. The van der Waals surface area contributed by atoms with Crippen molar-refractivity contribution in [1.29, 1.82) is 0 Å². The van der Waals surface area contributed by atoms with Crippen molar-refractivity contribution < 1.29 is 19.0 Å². The van der Waals surface area contributed by atoms with Gasteiger partial charge in [-0.05, 0) is 54.3 Å². The van der Waals surface area contributed by atoms with E-state index in [1.54, 1.807) is 20.3 Å². The molecule has 6 nitrogen and oxygen atoms in total. The quantitative estimate of drug-likeness (QED) is 0.362. The van der Waals surface area contributed by atoms with Gasteiger partial charge in [-0.3, -0.25) is 0 Å². The second kappa shape index (κ2) is 10.5. The molecule has 2 N–H and O–H groups in total. The van der Waals surface area contributed by atoms with Gasteiger partial charge >= 0.3 is 0 Å². The third-order valence-corrected chi connectivity index (χ3v) is 4.78. The SMILES string of the molecule is CCNC(=NCc1ccc(O)c(F)c1)N1CCc2cc(OC)c(OC)cc2C1.I. The first-order chi connectivity index (χ1) is 13.5. The molecule has 1 aliphatic rings. The van der Waals surface area contributed by atoms with Crippen LogP contribution in [0.4, 0.5) is 4.39 Å². The number of benzene rings is 2. The maximum Gasteiger partial charge on any atom is 0.194 e. The number of nitrogens with one attached hydrogen (secondary N) is 1. The van der Waals surface area contributed by atoms with Crippen LogP contribution in [0.25, 0.3) is 0 Å². The van der Waals surface area contributed by atoms with Crippen molar-refractivity contribution in [1.82, 2.24) is 10.2 Å². The third-order valence-electron chi connectivity index (χ3n) is 4.78. The largest absolute Gasteiger partial charge is 0.505 e. The Morgan fingerprint density at radius 2 is 1.86 bits per heavy atom. The van der Waals surface area contributed by atoms with Gasteiger partial charge in [-0.25, -0.2) is 9.38 Å². The number of hydrogen-bond donors (Lipinski definition) is 2. The average Bonchev–Trinajstić information content (AvgIpc) is 2.72. The lowest BCUT2D eigenvalue weighted by Crippen LogP contribution is -2.44. The van der Waals surface area contributed by atoms with Gasteiger partial charge in [0.2, 0.25) is 0 Å². The number of ether oxygens (including phenoxy) is 2. The highest BCUT2D eigenvalue weighted by Gasteiger charge is 2.21. The Morgan fingerprint density at radius 1 is 1.17 bits per heavy atom. The van der Waals surface area contributed by atoms with E-state index >= 15 is 0 Å². The number of guanidine groups is 1. The third kappa shape index (κ3) is 5.43. The molecule has 0 fully saturated rings. The number of aliphatic imine (C=N–C) groups is 1. The Kier molecular flexibility index (Phi) is 8.36. The summed E-state index contributed by atoms with van der Waals surface area (Å²) in [5.41, 5.74) is 3.12. The molecule has 0 radical (unpaired) electrons. The standard InChI is InChI=1S/C21H26FN3O3.HI/c1-4-23-21(24-12-14-5-6-18(26)17(22)9-14)25-8-7-15-10-19(27-2)20(28-3)11-16(15)13-25;/h5-6,9-11,26H,4,7-8,12-13H2,1-3H3,(H,23,24);1H. The zero-order chi connectivity index (χ0) is 20.1. The van der Waals surface area contributed by atoms with E-state index in [1.807, 2.05) is 19.1 Å². The van der Waals surface area contributed by atoms with Crippen molar-refractivity contribution in [3.8, 4) is 17.2 Å². The number of phenols is 1. The van der Waals surface area contributed by atoms with Crippen LogP contribution in [0.5, 0.6) is 17.2 Å². The fourth-order valence-electron chi connectivity index (χ4n) is 3.30. The summed E-state index contributed by atoms with van der Waals surface area (Å²) in [7, 11) is 3.27. The molecule has 0 aromatic heterocycles. The van der Waals surface area contributed by atoms with Crippen LogP contribution in [0.15, 0.2) is 35.3 Å². The molecule has 0 spiro atoms. The van der Waals surface area contributed by atoms with Crippen LogP contribution < -0.4 is 14.8 Å². The summed E-state index contributed by atoms with van der Waals surface area (Å²) >= 11 is 0. The van der Waals surface area contributed by atoms with Crippen LogP contribution in [0.1, 0.15) is 23.6 Å². The summed E-state index contributed by atoms with van der Waals surface area (Å²) in [6.45, 7) is 4.60. The van der Waals surface area contributed by atoms with E-state index in [2.05, 4.69) is 15.2 Å². The molecule has 2 aromatic carbocycles. The molecule has 0 amide bonds. The van der Waals surface area contributed by atoms with Gasteiger partial charge in [-0.1, -0.05) is 6.07 Å². The van der Waals surface area contributed by atoms with Crippen LogP contribution in [0.2, 0.25) is 0 Å². The Labute approximate surface area is 187 Å². The molecule has 2 aromatic rings. The molecule has 0 aliphatic carbocycles. The van der Waals surface area contributed by atoms with Crippen LogP contribution in [0.3, 0.4) is 0 Å². The van der Waals surface area contributed by atoms with E-state index in [-0.39, 0.29) is 29.7 Å². The molecule has 29 heavy (non-hydrogen) atoms. The fourth-order valence-corrected chi connectivity index (χ4v) is 3.30. The monoisotopic (exact) mass is 515 g/mol. The zero-order valence-corrected chi connectivity index (χ0v) is 19.2. The minimum Gasteiger partial charge on any atom is -0.505 e. The van der Waals surface area contributed by atoms with Crippen molar-refractivity contribution in [2.75, 3.05) is 27.3 Å². The predicted octanol–water partition coefficient (Wildman–Crippen LogP) is 3.69. The van der Waals surface area contributed by atoms with Crippen molar-refractivity contribution in [2.24, 2.45) is 4.99 Å². The minimum atomic E-state index is -0.634. The van der Waals surface area contributed by atoms with E-state index in [4.69, 9.17) is 9.47 Å². The van der Waals surface area contributed by atoms with E-state index in [0.29, 0.717) is 24.4 Å². The van der Waals surface area contributed by atoms with Crippen LogP contribution in [0, 0.1) is 5.82 Å². The molecule has 0 bridgehead atoms. The van der Waals surface area contributed by atoms with Gasteiger partial charge in [-0.2, -0.15) is 0 Å². The van der Waals surface area contributed by atoms with Gasteiger partial charge < -0.3 is 24.8 Å². The van der Waals surface area contributed by atoms with Gasteiger partial charge in [-0.15, -0.1) is 24.0 Å². The highest BCUT2D eigenvalue weighted by Crippen LogP contribution is 2.33. The van der Waals surface area contributed by atoms with Crippen LogP contribution in [-0.2, 0) is 19.5 Å². The molecule has 1 aliphatic heterocycles. The Balaban J connectivity index is 0.00000300. The molecule has 158 valence electrons. The zero-order valence-electron chi connectivity index (χ0n) is 16.9. The van der Waals surface area contributed by atoms with Crippen LogP contribution >= 0.6 is 24.0 Å². The minimum absolute atomic E-state index is 0. The van der Waals surface area contributed by atoms with E-state index in [9.17, 15) is 9.50 Å². The lowest BCUT2D eigenvalue weighted by molar-refractivity contribution is 0.346. The summed E-state index contributed by atoms with van der Waals surface area (Å²) in [4.78, 5) is 6.83. The Hall–Kier alpha value is -2.23. The highest BCUT2D eigenvalue weighted by molar-refractivity contribution is 14.0. The smallest absolute Gasteiger partial charge is 0.194 e. The molecule has 0 saturated carbocycles. The van der Waals surface area contributed by atoms with Gasteiger partial charge in [0.15, 0.2) is 29.0 Å². The number of hydrogen-bond acceptors (Lipinski definition) is 4. The predicted molar refractivity (Wildman–Crippen MR) is 122 cm³/mol. The fraction of sp³-hybridized carbons (Fsp3) is 0.381. The number of nitrogens with zero attached hydrogens (tertiary/aromatic N) is 2. The Bertz CT molecular complexity index is 876. The van der Waals surface area contributed by atoms with Gasteiger partial charge in [0.1, 0.15) is 0 Å². The highest BCUT2D eigenvalue weighted by atomic mass is 127. The normalized spacial score (nSPS) is 13.4. The van der Waals surface area contributed by atoms with Gasteiger partial charge in [0.05, 0.1) is 20.8 Å². The summed E-state index contributed by atoms with van der Waals surface area (Å²) < 4.78 is 24.4.